The molecule has 0 radical (unpaired) electrons. The molecule has 12 nitrogen and oxygen atoms in total. The summed E-state index contributed by atoms with van der Waals surface area (Å²) in [6.45, 7) is 2.51. The molecule has 0 aliphatic carbocycles. The van der Waals surface area contributed by atoms with Crippen LogP contribution in [0, 0.1) is 0 Å². The molecule has 0 heterocycles. The minimum Gasteiger partial charge on any atom is -0.480 e. The van der Waals surface area contributed by atoms with Crippen molar-refractivity contribution < 1.29 is 52.6 Å². The molecule has 0 aromatic rings. The smallest absolute Gasteiger partial charge is 0.472 e. The number of aliphatic carboxylic acids is 1. The maximum absolute atomic E-state index is 12.6. The van der Waals surface area contributed by atoms with Gasteiger partial charge in [0.05, 0.1) is 19.3 Å². The van der Waals surface area contributed by atoms with Crippen LogP contribution in [0.1, 0.15) is 136 Å². The van der Waals surface area contributed by atoms with Gasteiger partial charge in [0, 0.05) is 12.8 Å². The first-order chi connectivity index (χ1) is 28.5. The average Bonchev–Trinajstić information content (AvgIpc) is 3.21. The molecule has 0 aliphatic rings. The zero-order valence-corrected chi connectivity index (χ0v) is 36.6. The topological polar surface area (TPSA) is 192 Å². The fourth-order valence-corrected chi connectivity index (χ4v) is 5.73. The summed E-state index contributed by atoms with van der Waals surface area (Å²) in [6.07, 6.45) is 46.5. The van der Waals surface area contributed by atoms with Gasteiger partial charge in [-0.1, -0.05) is 137 Å². The minimum absolute atomic E-state index is 0.00873. The van der Waals surface area contributed by atoms with Crippen molar-refractivity contribution in [1.82, 2.24) is 0 Å². The van der Waals surface area contributed by atoms with Gasteiger partial charge >= 0.3 is 25.7 Å². The number of hydrogen-bond donors (Lipinski definition) is 4. The van der Waals surface area contributed by atoms with Crippen LogP contribution in [0.4, 0.5) is 0 Å². The van der Waals surface area contributed by atoms with Crippen molar-refractivity contribution in [3.05, 3.63) is 97.2 Å². The molecule has 0 spiro atoms. The first kappa shape index (κ1) is 55.4. The number of carboxylic acids is 1. The lowest BCUT2D eigenvalue weighted by Gasteiger charge is -2.20. The molecule has 0 saturated carbocycles. The number of aliphatic hydroxyl groups is 1. The number of phosphoric ester groups is 1. The molecular formula is C46H74NO11P. The van der Waals surface area contributed by atoms with Gasteiger partial charge in [-0.25, -0.2) is 4.57 Å². The van der Waals surface area contributed by atoms with Crippen LogP contribution in [0.15, 0.2) is 97.2 Å². The zero-order chi connectivity index (χ0) is 43.7. The Hall–Kier alpha value is -3.64. The Kier molecular flexibility index (Phi) is 37.3. The summed E-state index contributed by atoms with van der Waals surface area (Å²) in [5.74, 6) is -2.61. The molecule has 0 aliphatic heterocycles. The fourth-order valence-electron chi connectivity index (χ4n) is 4.95. The predicted molar refractivity (Wildman–Crippen MR) is 236 cm³/mol. The van der Waals surface area contributed by atoms with Crippen molar-refractivity contribution in [1.29, 1.82) is 0 Å². The molecule has 334 valence electrons. The Morgan fingerprint density at radius 2 is 1.08 bits per heavy atom. The Morgan fingerprint density at radius 3 is 1.63 bits per heavy atom. The van der Waals surface area contributed by atoms with Crippen molar-refractivity contribution in [2.75, 3.05) is 19.8 Å². The maximum atomic E-state index is 12.6. The van der Waals surface area contributed by atoms with E-state index in [1.165, 1.54) is 38.5 Å². The van der Waals surface area contributed by atoms with E-state index in [0.717, 1.165) is 38.5 Å². The highest BCUT2D eigenvalue weighted by Gasteiger charge is 2.28. The molecule has 59 heavy (non-hydrogen) atoms. The molecule has 0 aromatic carbocycles. The summed E-state index contributed by atoms with van der Waals surface area (Å²) in [5, 5.41) is 19.0. The number of esters is 2. The lowest BCUT2D eigenvalue weighted by Crippen LogP contribution is -2.34. The van der Waals surface area contributed by atoms with E-state index >= 15 is 0 Å². The number of nitrogens with two attached hydrogens (primary N) is 1. The number of allylic oxidation sites excluding steroid dienone is 14. The van der Waals surface area contributed by atoms with Crippen LogP contribution in [0.2, 0.25) is 0 Å². The lowest BCUT2D eigenvalue weighted by molar-refractivity contribution is -0.161. The van der Waals surface area contributed by atoms with Gasteiger partial charge in [-0.2, -0.15) is 0 Å². The Balaban J connectivity index is 4.68. The molecule has 0 saturated heterocycles. The summed E-state index contributed by atoms with van der Waals surface area (Å²) in [5.41, 5.74) is 5.32. The summed E-state index contributed by atoms with van der Waals surface area (Å²) >= 11 is 0. The van der Waals surface area contributed by atoms with E-state index in [-0.39, 0.29) is 12.8 Å². The van der Waals surface area contributed by atoms with E-state index in [1.807, 2.05) is 30.4 Å². The molecule has 0 rings (SSSR count). The van der Waals surface area contributed by atoms with Gasteiger partial charge in [0.25, 0.3) is 0 Å². The highest BCUT2D eigenvalue weighted by molar-refractivity contribution is 7.47. The average molecular weight is 848 g/mol. The van der Waals surface area contributed by atoms with Crippen molar-refractivity contribution in [2.45, 2.75) is 154 Å². The number of aliphatic hydroxyl groups excluding tert-OH is 1. The highest BCUT2D eigenvalue weighted by atomic mass is 31.2. The molecule has 4 atom stereocenters. The van der Waals surface area contributed by atoms with Crippen molar-refractivity contribution in [2.24, 2.45) is 5.73 Å². The van der Waals surface area contributed by atoms with E-state index in [1.54, 1.807) is 18.2 Å². The number of hydrogen-bond acceptors (Lipinski definition) is 10. The van der Waals surface area contributed by atoms with Gasteiger partial charge in [-0.05, 0) is 83.5 Å². The van der Waals surface area contributed by atoms with Crippen LogP contribution in [0.25, 0.3) is 0 Å². The van der Waals surface area contributed by atoms with Crippen LogP contribution in [0.3, 0.4) is 0 Å². The number of phosphoric acid groups is 1. The third kappa shape index (κ3) is 39.6. The Morgan fingerprint density at radius 1 is 0.610 bits per heavy atom. The first-order valence-electron chi connectivity index (χ1n) is 21.4. The SMILES string of the molecule is CCCCC/C=C\C/C=C\C/C=C\C/C=C\CCCC(=O)OC[C@H](COP(=O)(O)OC[C@H](N)C(=O)O)OC(=O)CCC/C=C/C=C\C(O)C/C=C\C/C=C\CCCCC. The first-order valence-corrected chi connectivity index (χ1v) is 22.9. The van der Waals surface area contributed by atoms with Gasteiger partial charge in [0.1, 0.15) is 12.6 Å². The fraction of sp³-hybridized carbons (Fsp3) is 0.587. The predicted octanol–water partition coefficient (Wildman–Crippen LogP) is 10.2. The van der Waals surface area contributed by atoms with Crippen molar-refractivity contribution in [3.63, 3.8) is 0 Å². The number of rotatable bonds is 38. The molecule has 0 bridgehead atoms. The summed E-state index contributed by atoms with van der Waals surface area (Å²) in [6, 6.07) is -1.56. The van der Waals surface area contributed by atoms with E-state index in [4.69, 9.17) is 24.8 Å². The third-order valence-corrected chi connectivity index (χ3v) is 9.34. The number of ether oxygens (including phenoxy) is 2. The van der Waals surface area contributed by atoms with Crippen molar-refractivity contribution >= 4 is 25.7 Å². The maximum Gasteiger partial charge on any atom is 0.472 e. The minimum atomic E-state index is -4.77. The quantitative estimate of drug-likeness (QED) is 0.0151. The van der Waals surface area contributed by atoms with Crippen LogP contribution in [-0.2, 0) is 37.5 Å². The summed E-state index contributed by atoms with van der Waals surface area (Å²) in [4.78, 5) is 45.9. The second-order valence-electron chi connectivity index (χ2n) is 14.0. The summed E-state index contributed by atoms with van der Waals surface area (Å²) in [7, 11) is -4.77. The molecule has 0 aromatic heterocycles. The van der Waals surface area contributed by atoms with Crippen molar-refractivity contribution in [3.8, 4) is 0 Å². The Bertz CT molecular complexity index is 1380. The van der Waals surface area contributed by atoms with Gasteiger partial charge in [-0.3, -0.25) is 23.4 Å². The lowest BCUT2D eigenvalue weighted by atomic mass is 10.2. The standard InChI is InChI=1S/C46H74NO11P/c1-3-5-7-9-11-13-14-15-16-17-18-19-20-22-24-28-32-36-44(49)55-38-42(39-56-59(53,54)57-40-43(47)46(51)52)58-45(50)37-33-29-25-27-31-35-41(48)34-30-26-23-21-12-10-8-6-4-2/h11-13,15-16,18-19,21-22,24-27,30-31,35,41-43,48H,3-10,14,17,20,23,28-29,32-34,36-40,47H2,1-2H3,(H,51,52)(H,53,54)/b13-11-,16-15-,19-18-,21-12-,24-22-,27-25+,30-26-,35-31-/t41?,42-,43+/m1/s1. The second kappa shape index (κ2) is 39.8. The number of unbranched alkanes of at least 4 members (excludes halogenated alkanes) is 8. The number of carbonyl (C=O) groups is 3. The van der Waals surface area contributed by atoms with Crippen LogP contribution in [-0.4, -0.2) is 71.1 Å². The van der Waals surface area contributed by atoms with Crippen LogP contribution >= 0.6 is 7.82 Å². The molecule has 5 N–H and O–H groups in total. The van der Waals surface area contributed by atoms with E-state index in [0.29, 0.717) is 32.1 Å². The normalized spacial score (nSPS) is 15.2. The zero-order valence-electron chi connectivity index (χ0n) is 35.7. The van der Waals surface area contributed by atoms with E-state index in [2.05, 4.69) is 67.0 Å². The largest absolute Gasteiger partial charge is 0.480 e. The molecule has 2 unspecified atom stereocenters. The van der Waals surface area contributed by atoms with Gasteiger partial charge in [0.15, 0.2) is 6.10 Å². The molecule has 13 heteroatoms. The molecule has 0 amide bonds. The van der Waals surface area contributed by atoms with Gasteiger partial charge in [0.2, 0.25) is 0 Å². The molecular weight excluding hydrogens is 773 g/mol. The number of carbonyl (C=O) groups excluding carboxylic acids is 2. The second-order valence-corrected chi connectivity index (χ2v) is 15.4. The van der Waals surface area contributed by atoms with E-state index < -0.39 is 63.8 Å². The third-order valence-electron chi connectivity index (χ3n) is 8.39. The van der Waals surface area contributed by atoms with Crippen LogP contribution < -0.4 is 5.73 Å². The van der Waals surface area contributed by atoms with E-state index in [9.17, 15) is 28.9 Å². The number of carboxylic acid groups (broad SMARTS) is 1. The Labute approximate surface area is 354 Å². The monoisotopic (exact) mass is 847 g/mol. The molecule has 0 fully saturated rings. The van der Waals surface area contributed by atoms with Gasteiger partial charge in [-0.15, -0.1) is 0 Å². The van der Waals surface area contributed by atoms with Gasteiger partial charge < -0.3 is 30.3 Å². The highest BCUT2D eigenvalue weighted by Crippen LogP contribution is 2.43. The summed E-state index contributed by atoms with van der Waals surface area (Å²) < 4.78 is 32.5. The van der Waals surface area contributed by atoms with Crippen LogP contribution in [0.5, 0.6) is 0 Å².